The Kier molecular flexibility index (Phi) is 5.09. The Bertz CT molecular complexity index is 986. The van der Waals surface area contributed by atoms with Crippen molar-refractivity contribution in [1.82, 2.24) is 20.2 Å². The zero-order valence-corrected chi connectivity index (χ0v) is 15.2. The maximum atomic E-state index is 12.5. The maximum Gasteiger partial charge on any atom is 0.330 e. The van der Waals surface area contributed by atoms with Crippen molar-refractivity contribution in [3.8, 4) is 11.4 Å². The van der Waals surface area contributed by atoms with Crippen LogP contribution in [0, 0.1) is 0 Å². The Labute approximate surface area is 161 Å². The fraction of sp³-hybridized carbons (Fsp3) is 0.250. The van der Waals surface area contributed by atoms with Crippen molar-refractivity contribution in [2.24, 2.45) is 0 Å². The number of para-hydroxylation sites is 1. The average Bonchev–Trinajstić information content (AvgIpc) is 3.20. The van der Waals surface area contributed by atoms with E-state index in [0.717, 1.165) is 34.5 Å². The minimum Gasteiger partial charge on any atom is -0.454 e. The summed E-state index contributed by atoms with van der Waals surface area (Å²) in [6.07, 6.45) is 1.84. The highest BCUT2D eigenvalue weighted by atomic mass is 16.5. The second kappa shape index (κ2) is 7.99. The molecule has 3 aromatic rings. The van der Waals surface area contributed by atoms with Gasteiger partial charge in [0.2, 0.25) is 5.82 Å². The summed E-state index contributed by atoms with van der Waals surface area (Å²) in [6.45, 7) is 0.107. The Morgan fingerprint density at radius 3 is 2.68 bits per heavy atom. The first-order valence-corrected chi connectivity index (χ1v) is 9.08. The number of rotatable bonds is 5. The molecule has 0 atom stereocenters. The molecule has 8 heteroatoms. The number of benzene rings is 2. The third kappa shape index (κ3) is 3.90. The SMILES string of the molecule is O=C(Cn1nnc(-c2ccccc2)n1)OCC(=O)N1CCCc2ccccc21. The van der Waals surface area contributed by atoms with Crippen LogP contribution in [0.25, 0.3) is 11.4 Å². The van der Waals surface area contributed by atoms with Crippen LogP contribution in [0.5, 0.6) is 0 Å². The Morgan fingerprint density at radius 2 is 1.82 bits per heavy atom. The van der Waals surface area contributed by atoms with Gasteiger partial charge in [-0.15, -0.1) is 10.2 Å². The van der Waals surface area contributed by atoms with E-state index >= 15 is 0 Å². The van der Waals surface area contributed by atoms with Gasteiger partial charge in [0.05, 0.1) is 0 Å². The summed E-state index contributed by atoms with van der Waals surface area (Å²) in [5.74, 6) is -0.401. The zero-order valence-electron chi connectivity index (χ0n) is 15.2. The Hall–Kier alpha value is -3.55. The van der Waals surface area contributed by atoms with Crippen LogP contribution in [-0.2, 0) is 27.3 Å². The van der Waals surface area contributed by atoms with E-state index in [0.29, 0.717) is 12.4 Å². The van der Waals surface area contributed by atoms with Gasteiger partial charge in [-0.2, -0.15) is 4.80 Å². The normalized spacial score (nSPS) is 13.1. The molecule has 0 fully saturated rings. The molecule has 1 aliphatic rings. The Balaban J connectivity index is 1.33. The topological polar surface area (TPSA) is 90.2 Å². The van der Waals surface area contributed by atoms with Gasteiger partial charge in [-0.1, -0.05) is 48.5 Å². The van der Waals surface area contributed by atoms with Crippen molar-refractivity contribution >= 4 is 17.6 Å². The number of carbonyl (C=O) groups excluding carboxylic acids is 2. The number of anilines is 1. The quantitative estimate of drug-likeness (QED) is 0.631. The average molecular weight is 377 g/mol. The molecule has 2 aromatic carbocycles. The number of hydrogen-bond donors (Lipinski definition) is 0. The second-order valence-electron chi connectivity index (χ2n) is 6.45. The molecule has 0 aliphatic carbocycles. The predicted octanol–water partition coefficient (Wildman–Crippen LogP) is 1.86. The van der Waals surface area contributed by atoms with Crippen LogP contribution in [0.15, 0.2) is 54.6 Å². The van der Waals surface area contributed by atoms with Gasteiger partial charge >= 0.3 is 5.97 Å². The number of tetrazole rings is 1. The van der Waals surface area contributed by atoms with Gasteiger partial charge in [0.1, 0.15) is 0 Å². The van der Waals surface area contributed by atoms with Crippen molar-refractivity contribution in [3.05, 3.63) is 60.2 Å². The van der Waals surface area contributed by atoms with Crippen LogP contribution >= 0.6 is 0 Å². The lowest BCUT2D eigenvalue weighted by Crippen LogP contribution is -2.38. The number of esters is 1. The minimum atomic E-state index is -0.587. The maximum absolute atomic E-state index is 12.5. The summed E-state index contributed by atoms with van der Waals surface area (Å²) in [5, 5.41) is 12.0. The lowest BCUT2D eigenvalue weighted by molar-refractivity contribution is -0.148. The van der Waals surface area contributed by atoms with Gasteiger partial charge < -0.3 is 9.64 Å². The number of aryl methyl sites for hydroxylation is 1. The van der Waals surface area contributed by atoms with Crippen LogP contribution < -0.4 is 4.90 Å². The van der Waals surface area contributed by atoms with E-state index in [2.05, 4.69) is 15.4 Å². The predicted molar refractivity (Wildman–Crippen MR) is 101 cm³/mol. The van der Waals surface area contributed by atoms with E-state index in [-0.39, 0.29) is 19.1 Å². The lowest BCUT2D eigenvalue weighted by Gasteiger charge is -2.29. The third-order valence-electron chi connectivity index (χ3n) is 4.52. The number of ether oxygens (including phenoxy) is 1. The molecule has 28 heavy (non-hydrogen) atoms. The molecule has 142 valence electrons. The molecule has 4 rings (SSSR count). The van der Waals surface area contributed by atoms with Gasteiger partial charge in [-0.25, -0.2) is 4.79 Å². The molecular weight excluding hydrogens is 358 g/mol. The first kappa shape index (κ1) is 17.8. The van der Waals surface area contributed by atoms with Crippen molar-refractivity contribution in [1.29, 1.82) is 0 Å². The molecule has 1 aromatic heterocycles. The fourth-order valence-electron chi connectivity index (χ4n) is 3.19. The number of nitrogens with zero attached hydrogens (tertiary/aromatic N) is 5. The monoisotopic (exact) mass is 377 g/mol. The van der Waals surface area contributed by atoms with E-state index in [4.69, 9.17) is 4.74 Å². The smallest absolute Gasteiger partial charge is 0.330 e. The summed E-state index contributed by atoms with van der Waals surface area (Å²) in [4.78, 5) is 27.4. The van der Waals surface area contributed by atoms with Crippen molar-refractivity contribution in [2.45, 2.75) is 19.4 Å². The molecule has 2 heterocycles. The van der Waals surface area contributed by atoms with Gasteiger partial charge in [-0.3, -0.25) is 4.79 Å². The molecule has 0 saturated carbocycles. The number of fused-ring (bicyclic) bond motifs is 1. The van der Waals surface area contributed by atoms with Crippen LogP contribution in [-0.4, -0.2) is 45.2 Å². The first-order chi connectivity index (χ1) is 13.7. The number of hydrogen-bond acceptors (Lipinski definition) is 6. The molecule has 1 aliphatic heterocycles. The largest absolute Gasteiger partial charge is 0.454 e. The van der Waals surface area contributed by atoms with Gasteiger partial charge in [0, 0.05) is 17.8 Å². The van der Waals surface area contributed by atoms with Crippen molar-refractivity contribution in [3.63, 3.8) is 0 Å². The number of carbonyl (C=O) groups is 2. The molecular formula is C20H19N5O3. The first-order valence-electron chi connectivity index (χ1n) is 9.08. The van der Waals surface area contributed by atoms with Gasteiger partial charge in [0.15, 0.2) is 13.2 Å². The van der Waals surface area contributed by atoms with Crippen molar-refractivity contribution in [2.75, 3.05) is 18.1 Å². The lowest BCUT2D eigenvalue weighted by atomic mass is 10.0. The molecule has 0 radical (unpaired) electrons. The van der Waals surface area contributed by atoms with E-state index in [1.54, 1.807) is 4.90 Å². The molecule has 0 saturated heterocycles. The summed E-state index contributed by atoms with van der Waals surface area (Å²) >= 11 is 0. The van der Waals surface area contributed by atoms with Crippen LogP contribution in [0.2, 0.25) is 0 Å². The molecule has 0 bridgehead atoms. The van der Waals surface area contributed by atoms with E-state index < -0.39 is 5.97 Å². The zero-order chi connectivity index (χ0) is 19.3. The molecule has 0 unspecified atom stereocenters. The van der Waals surface area contributed by atoms with Crippen LogP contribution in [0.4, 0.5) is 5.69 Å². The highest BCUT2D eigenvalue weighted by Gasteiger charge is 2.23. The third-order valence-corrected chi connectivity index (χ3v) is 4.52. The molecule has 0 N–H and O–H groups in total. The van der Waals surface area contributed by atoms with E-state index in [1.807, 2.05) is 54.6 Å². The Morgan fingerprint density at radius 1 is 1.04 bits per heavy atom. The number of amides is 1. The second-order valence-corrected chi connectivity index (χ2v) is 6.45. The highest BCUT2D eigenvalue weighted by Crippen LogP contribution is 2.26. The number of aromatic nitrogens is 4. The molecule has 0 spiro atoms. The van der Waals surface area contributed by atoms with Crippen LogP contribution in [0.3, 0.4) is 0 Å². The van der Waals surface area contributed by atoms with Gasteiger partial charge in [0.25, 0.3) is 5.91 Å². The highest BCUT2D eigenvalue weighted by molar-refractivity contribution is 5.96. The van der Waals surface area contributed by atoms with Crippen LogP contribution in [0.1, 0.15) is 12.0 Å². The van der Waals surface area contributed by atoms with E-state index in [1.165, 1.54) is 0 Å². The summed E-state index contributed by atoms with van der Waals surface area (Å²) in [7, 11) is 0. The summed E-state index contributed by atoms with van der Waals surface area (Å²) in [6, 6.07) is 17.1. The van der Waals surface area contributed by atoms with Gasteiger partial charge in [-0.05, 0) is 29.7 Å². The summed E-state index contributed by atoms with van der Waals surface area (Å²) in [5.41, 5.74) is 2.83. The summed E-state index contributed by atoms with van der Waals surface area (Å²) < 4.78 is 5.13. The molecule has 1 amide bonds. The minimum absolute atomic E-state index is 0.205. The molecule has 8 nitrogen and oxygen atoms in total. The van der Waals surface area contributed by atoms with E-state index in [9.17, 15) is 9.59 Å². The standard InChI is InChI=1S/C20H19N5O3/c26-18(24-12-6-10-15-7-4-5-11-17(15)24)14-28-19(27)13-25-22-20(21-23-25)16-8-2-1-3-9-16/h1-5,7-9,11H,6,10,12-14H2. The van der Waals surface area contributed by atoms with Crippen molar-refractivity contribution < 1.29 is 14.3 Å². The fourth-order valence-corrected chi connectivity index (χ4v) is 3.19.